The van der Waals surface area contributed by atoms with Gasteiger partial charge in [0.1, 0.15) is 0 Å². The van der Waals surface area contributed by atoms with E-state index in [1.165, 1.54) is 69.9 Å². The van der Waals surface area contributed by atoms with Gasteiger partial charge in [0.2, 0.25) is 0 Å². The molecule has 0 heterocycles. The van der Waals surface area contributed by atoms with Crippen molar-refractivity contribution in [2.45, 2.75) is 96.3 Å². The zero-order valence-electron chi connectivity index (χ0n) is 16.7. The molecule has 0 aliphatic carbocycles. The van der Waals surface area contributed by atoms with E-state index < -0.39 is 16.8 Å². The number of carboxylic acid groups (broad SMARTS) is 1. The van der Waals surface area contributed by atoms with Gasteiger partial charge in [-0.15, -0.1) is 0 Å². The Balaban J connectivity index is 2.15. The molecule has 5 nitrogen and oxygen atoms in total. The van der Waals surface area contributed by atoms with E-state index in [0.717, 1.165) is 19.3 Å². The Morgan fingerprint density at radius 1 is 0.889 bits per heavy atom. The highest BCUT2D eigenvalue weighted by molar-refractivity contribution is 5.76. The molecule has 0 bridgehead atoms. The number of benzene rings is 1. The molecular weight excluding hydrogens is 342 g/mol. The van der Waals surface area contributed by atoms with Crippen molar-refractivity contribution in [1.82, 2.24) is 0 Å². The Kier molecular flexibility index (Phi) is 12.2. The van der Waals surface area contributed by atoms with E-state index in [1.54, 1.807) is 12.1 Å². The predicted octanol–water partition coefficient (Wildman–Crippen LogP) is 6.85. The van der Waals surface area contributed by atoms with E-state index in [9.17, 15) is 20.0 Å². The number of nitrogens with zero attached hydrogens (tertiary/aromatic N) is 1. The van der Waals surface area contributed by atoms with Crippen molar-refractivity contribution in [3.63, 3.8) is 0 Å². The van der Waals surface area contributed by atoms with Crippen LogP contribution in [0.2, 0.25) is 0 Å². The first kappa shape index (κ1) is 23.1. The average Bonchev–Trinajstić information content (AvgIpc) is 2.65. The molecule has 152 valence electrons. The van der Waals surface area contributed by atoms with Crippen LogP contribution in [-0.2, 0) is 4.79 Å². The van der Waals surface area contributed by atoms with Crippen LogP contribution in [0.25, 0.3) is 0 Å². The number of aliphatic carboxylic acids is 1. The summed E-state index contributed by atoms with van der Waals surface area (Å²) in [6.45, 7) is 2.24. The summed E-state index contributed by atoms with van der Waals surface area (Å²) in [4.78, 5) is 21.8. The van der Waals surface area contributed by atoms with Crippen molar-refractivity contribution < 1.29 is 14.8 Å². The third-order valence-electron chi connectivity index (χ3n) is 5.15. The number of nitro benzene ring substituents is 1. The molecule has 27 heavy (non-hydrogen) atoms. The van der Waals surface area contributed by atoms with Crippen LogP contribution in [-0.4, -0.2) is 16.0 Å². The first-order valence-electron chi connectivity index (χ1n) is 10.5. The fourth-order valence-corrected chi connectivity index (χ4v) is 3.45. The lowest BCUT2D eigenvalue weighted by atomic mass is 9.92. The number of non-ortho nitro benzene ring substituents is 1. The Bertz CT molecular complexity index is 542. The summed E-state index contributed by atoms with van der Waals surface area (Å²) in [7, 11) is 0. The molecule has 0 amide bonds. The quantitative estimate of drug-likeness (QED) is 0.194. The molecule has 0 aliphatic rings. The lowest BCUT2D eigenvalue weighted by Crippen LogP contribution is -2.11. The summed E-state index contributed by atoms with van der Waals surface area (Å²) in [6.07, 6.45) is 15.6. The summed E-state index contributed by atoms with van der Waals surface area (Å²) < 4.78 is 0. The van der Waals surface area contributed by atoms with Gasteiger partial charge in [0.05, 0.1) is 10.8 Å². The molecule has 0 radical (unpaired) electrons. The first-order chi connectivity index (χ1) is 13.1. The second kappa shape index (κ2) is 14.2. The van der Waals surface area contributed by atoms with Crippen LogP contribution in [0.3, 0.4) is 0 Å². The van der Waals surface area contributed by atoms with Gasteiger partial charge in [-0.2, -0.15) is 0 Å². The minimum Gasteiger partial charge on any atom is -0.481 e. The highest BCUT2D eigenvalue weighted by Gasteiger charge is 2.20. The molecule has 0 spiro atoms. The SMILES string of the molecule is CCCCCCCCCCCCCC[C@@H](C(=O)O)c1ccc([N+](=O)[O-])cc1. The summed E-state index contributed by atoms with van der Waals surface area (Å²) in [5, 5.41) is 20.2. The van der Waals surface area contributed by atoms with Crippen molar-refractivity contribution in [2.24, 2.45) is 0 Å². The number of carbonyl (C=O) groups is 1. The fourth-order valence-electron chi connectivity index (χ4n) is 3.45. The van der Waals surface area contributed by atoms with Gasteiger partial charge in [-0.1, -0.05) is 96.1 Å². The molecule has 1 atom stereocenters. The summed E-state index contributed by atoms with van der Waals surface area (Å²) in [6, 6.07) is 5.90. The second-order valence-corrected chi connectivity index (χ2v) is 7.42. The van der Waals surface area contributed by atoms with E-state index in [-0.39, 0.29) is 5.69 Å². The van der Waals surface area contributed by atoms with Crippen LogP contribution in [0.15, 0.2) is 24.3 Å². The number of carboxylic acids is 1. The Morgan fingerprint density at radius 3 is 1.74 bits per heavy atom. The lowest BCUT2D eigenvalue weighted by Gasteiger charge is -2.12. The van der Waals surface area contributed by atoms with E-state index in [0.29, 0.717) is 12.0 Å². The van der Waals surface area contributed by atoms with Crippen LogP contribution < -0.4 is 0 Å². The molecule has 0 unspecified atom stereocenters. The summed E-state index contributed by atoms with van der Waals surface area (Å²) >= 11 is 0. The maximum atomic E-state index is 11.5. The lowest BCUT2D eigenvalue weighted by molar-refractivity contribution is -0.384. The molecule has 1 aromatic rings. The molecule has 1 N–H and O–H groups in total. The smallest absolute Gasteiger partial charge is 0.310 e. The number of hydrogen-bond acceptors (Lipinski definition) is 3. The number of unbranched alkanes of at least 4 members (excludes halogenated alkanes) is 11. The zero-order chi connectivity index (χ0) is 19.9. The minimum atomic E-state index is -0.855. The fraction of sp³-hybridized carbons (Fsp3) is 0.682. The van der Waals surface area contributed by atoms with Crippen molar-refractivity contribution in [3.8, 4) is 0 Å². The van der Waals surface area contributed by atoms with Crippen LogP contribution in [0.1, 0.15) is 102 Å². The second-order valence-electron chi connectivity index (χ2n) is 7.42. The largest absolute Gasteiger partial charge is 0.481 e. The molecule has 5 heteroatoms. The van der Waals surface area contributed by atoms with E-state index >= 15 is 0 Å². The number of nitro groups is 1. The Labute approximate surface area is 163 Å². The maximum absolute atomic E-state index is 11.5. The van der Waals surface area contributed by atoms with Crippen LogP contribution >= 0.6 is 0 Å². The number of rotatable bonds is 16. The molecule has 0 saturated heterocycles. The van der Waals surface area contributed by atoms with Crippen molar-refractivity contribution in [2.75, 3.05) is 0 Å². The average molecular weight is 378 g/mol. The highest BCUT2D eigenvalue weighted by Crippen LogP contribution is 2.25. The Hall–Kier alpha value is -1.91. The van der Waals surface area contributed by atoms with E-state index in [1.807, 2.05) is 0 Å². The number of hydrogen-bond donors (Lipinski definition) is 1. The maximum Gasteiger partial charge on any atom is 0.310 e. The van der Waals surface area contributed by atoms with Crippen LogP contribution in [0, 0.1) is 10.1 Å². The van der Waals surface area contributed by atoms with E-state index in [2.05, 4.69) is 6.92 Å². The van der Waals surface area contributed by atoms with Gasteiger partial charge in [0, 0.05) is 12.1 Å². The molecule has 1 aromatic carbocycles. The third-order valence-corrected chi connectivity index (χ3v) is 5.15. The topological polar surface area (TPSA) is 80.4 Å². The standard InChI is InChI=1S/C22H35NO4/c1-2-3-4-5-6-7-8-9-10-11-12-13-14-21(22(24)25)19-15-17-20(18-16-19)23(26)27/h15-18,21H,2-14H2,1H3,(H,24,25)/t21-/m1/s1. The normalized spacial score (nSPS) is 12.0. The van der Waals surface area contributed by atoms with Gasteiger partial charge >= 0.3 is 5.97 Å². The third kappa shape index (κ3) is 10.1. The predicted molar refractivity (Wildman–Crippen MR) is 109 cm³/mol. The van der Waals surface area contributed by atoms with Crippen molar-refractivity contribution in [3.05, 3.63) is 39.9 Å². The van der Waals surface area contributed by atoms with E-state index in [4.69, 9.17) is 0 Å². The van der Waals surface area contributed by atoms with Crippen LogP contribution in [0.4, 0.5) is 5.69 Å². The molecule has 0 aliphatic heterocycles. The van der Waals surface area contributed by atoms with Gasteiger partial charge in [0.15, 0.2) is 0 Å². The van der Waals surface area contributed by atoms with Crippen LogP contribution in [0.5, 0.6) is 0 Å². The monoisotopic (exact) mass is 377 g/mol. The first-order valence-corrected chi connectivity index (χ1v) is 10.5. The summed E-state index contributed by atoms with van der Waals surface area (Å²) in [5.74, 6) is -1.43. The molecule has 1 rings (SSSR count). The van der Waals surface area contributed by atoms with Gasteiger partial charge in [0.25, 0.3) is 5.69 Å². The van der Waals surface area contributed by atoms with Crippen molar-refractivity contribution in [1.29, 1.82) is 0 Å². The highest BCUT2D eigenvalue weighted by atomic mass is 16.6. The van der Waals surface area contributed by atoms with Gasteiger partial charge in [-0.3, -0.25) is 14.9 Å². The Morgan fingerprint density at radius 2 is 1.33 bits per heavy atom. The molecule has 0 fully saturated rings. The molecular formula is C22H35NO4. The minimum absolute atomic E-state index is 0.00625. The summed E-state index contributed by atoms with van der Waals surface area (Å²) in [5.41, 5.74) is 0.643. The van der Waals surface area contributed by atoms with Gasteiger partial charge < -0.3 is 5.11 Å². The molecule has 0 aromatic heterocycles. The molecule has 0 saturated carbocycles. The van der Waals surface area contributed by atoms with Crippen molar-refractivity contribution >= 4 is 11.7 Å². The zero-order valence-corrected chi connectivity index (χ0v) is 16.7. The van der Waals surface area contributed by atoms with Gasteiger partial charge in [-0.25, -0.2) is 0 Å². The van der Waals surface area contributed by atoms with Gasteiger partial charge in [-0.05, 0) is 12.0 Å².